The second-order valence-corrected chi connectivity index (χ2v) is 9.82. The summed E-state index contributed by atoms with van der Waals surface area (Å²) in [5.74, 6) is 0.402. The standard InChI is InChI=1S/C24H26FN7OS/c1-34-22-9-14(11-27-30-22)13-2-6-17(21(33)8-13)19-12-26-24(31-29-19)32(16-4-5-16)20-10-15-3-7-18(28-15)23(20)25/h2,6,8-9,11-12,15-16,18,20,23,28,33H,3-5,7,10H2,1H3/t15-,18-,20+,23-/m0/s1/i1D3. The van der Waals surface area contributed by atoms with E-state index in [0.717, 1.165) is 32.1 Å². The molecule has 2 N–H and O–H groups in total. The van der Waals surface area contributed by atoms with Crippen LogP contribution in [-0.2, 0) is 0 Å². The zero-order valence-corrected chi connectivity index (χ0v) is 19.1. The van der Waals surface area contributed by atoms with Gasteiger partial charge in [0.2, 0.25) is 5.95 Å². The SMILES string of the molecule is [2H]C([2H])([2H])Sc1cc(-c2ccc(-c3cnc(N(C4CC4)[C@@H]4C[C@@H]5CC[C@H](N5)[C@@H]4F)nn3)c(O)c2)cnn1. The van der Waals surface area contributed by atoms with Crippen molar-refractivity contribution in [3.05, 3.63) is 36.7 Å². The van der Waals surface area contributed by atoms with Gasteiger partial charge in [-0.2, -0.15) is 5.10 Å². The van der Waals surface area contributed by atoms with Crippen LogP contribution in [0.3, 0.4) is 0 Å². The molecule has 0 amide bonds. The lowest BCUT2D eigenvalue weighted by Crippen LogP contribution is -2.57. The van der Waals surface area contributed by atoms with Crippen LogP contribution < -0.4 is 10.2 Å². The average Bonchev–Trinajstić information content (AvgIpc) is 3.61. The van der Waals surface area contributed by atoms with Gasteiger partial charge in [0.15, 0.2) is 0 Å². The Morgan fingerprint density at radius 3 is 2.79 bits per heavy atom. The molecule has 176 valence electrons. The molecule has 2 aromatic heterocycles. The molecule has 0 spiro atoms. The van der Waals surface area contributed by atoms with Gasteiger partial charge in [0.1, 0.15) is 22.6 Å². The number of piperidine rings is 1. The molecule has 4 heterocycles. The van der Waals surface area contributed by atoms with Gasteiger partial charge in [0.25, 0.3) is 0 Å². The number of aromatic hydroxyl groups is 1. The first-order valence-electron chi connectivity index (χ1n) is 13.0. The lowest BCUT2D eigenvalue weighted by Gasteiger charge is -2.40. The predicted molar refractivity (Wildman–Crippen MR) is 128 cm³/mol. The Hall–Kier alpha value is -2.85. The Kier molecular flexibility index (Phi) is 4.75. The van der Waals surface area contributed by atoms with Crippen molar-refractivity contribution in [1.82, 2.24) is 30.7 Å². The molecule has 1 aromatic carbocycles. The Morgan fingerprint density at radius 2 is 2.03 bits per heavy atom. The van der Waals surface area contributed by atoms with Crippen molar-refractivity contribution < 1.29 is 13.6 Å². The number of phenolic OH excluding ortho intramolecular Hbond substituents is 1. The van der Waals surface area contributed by atoms with E-state index in [-0.39, 0.29) is 28.9 Å². The van der Waals surface area contributed by atoms with E-state index in [2.05, 4.69) is 30.7 Å². The maximum atomic E-state index is 15.3. The number of anilines is 1. The van der Waals surface area contributed by atoms with Crippen LogP contribution in [0.25, 0.3) is 22.4 Å². The average molecular weight is 483 g/mol. The minimum Gasteiger partial charge on any atom is -0.507 e. The molecule has 2 aliphatic heterocycles. The third-order valence-electron chi connectivity index (χ3n) is 6.98. The van der Waals surface area contributed by atoms with Gasteiger partial charge in [0.05, 0.1) is 18.4 Å². The van der Waals surface area contributed by atoms with Gasteiger partial charge in [-0.05, 0) is 62.1 Å². The number of benzene rings is 1. The molecule has 1 aliphatic carbocycles. The number of rotatable bonds is 6. The van der Waals surface area contributed by atoms with Gasteiger partial charge >= 0.3 is 0 Å². The highest BCUT2D eigenvalue weighted by Gasteiger charge is 2.48. The Balaban J connectivity index is 1.23. The first-order chi connectivity index (χ1) is 17.7. The lowest BCUT2D eigenvalue weighted by atomic mass is 9.96. The number of nitrogens with one attached hydrogen (secondary N) is 1. The van der Waals surface area contributed by atoms with E-state index >= 15 is 4.39 Å². The first kappa shape index (κ1) is 18.5. The summed E-state index contributed by atoms with van der Waals surface area (Å²) < 4.78 is 37.5. The highest BCUT2D eigenvalue weighted by molar-refractivity contribution is 7.98. The monoisotopic (exact) mass is 482 g/mol. The second kappa shape index (κ2) is 8.74. The van der Waals surface area contributed by atoms with Crippen molar-refractivity contribution in [3.8, 4) is 28.1 Å². The minimum absolute atomic E-state index is 0.0269. The molecule has 3 aliphatic rings. The van der Waals surface area contributed by atoms with Crippen molar-refractivity contribution in [2.24, 2.45) is 0 Å². The number of halogens is 1. The van der Waals surface area contributed by atoms with Gasteiger partial charge in [-0.25, -0.2) is 9.37 Å². The highest BCUT2D eigenvalue weighted by atomic mass is 32.2. The first-order valence-corrected chi connectivity index (χ1v) is 12.3. The Labute approximate surface area is 205 Å². The molecule has 1 saturated carbocycles. The quantitative estimate of drug-likeness (QED) is 0.510. The van der Waals surface area contributed by atoms with E-state index < -0.39 is 12.4 Å². The molecule has 0 radical (unpaired) electrons. The molecule has 6 rings (SSSR count). The highest BCUT2D eigenvalue weighted by Crippen LogP contribution is 2.40. The van der Waals surface area contributed by atoms with Crippen LogP contribution in [-0.4, -0.2) is 67.0 Å². The van der Waals surface area contributed by atoms with Crippen molar-refractivity contribution in [3.63, 3.8) is 0 Å². The number of thioether (sulfide) groups is 1. The number of aromatic nitrogens is 5. The third-order valence-corrected chi connectivity index (χ3v) is 7.38. The van der Waals surface area contributed by atoms with Crippen molar-refractivity contribution in [1.29, 1.82) is 0 Å². The van der Waals surface area contributed by atoms with Crippen LogP contribution >= 0.6 is 11.8 Å². The molecule has 3 aromatic rings. The lowest BCUT2D eigenvalue weighted by molar-refractivity contribution is 0.171. The summed E-state index contributed by atoms with van der Waals surface area (Å²) in [5, 5.41) is 30.8. The van der Waals surface area contributed by atoms with Crippen LogP contribution in [0.2, 0.25) is 0 Å². The van der Waals surface area contributed by atoms with Gasteiger partial charge in [0, 0.05) is 33.4 Å². The number of hydrogen-bond donors (Lipinski definition) is 2. The molecule has 3 fully saturated rings. The van der Waals surface area contributed by atoms with Gasteiger partial charge in [-0.15, -0.1) is 27.1 Å². The fourth-order valence-electron chi connectivity index (χ4n) is 5.17. The largest absolute Gasteiger partial charge is 0.507 e. The fourth-order valence-corrected chi connectivity index (χ4v) is 5.45. The molecule has 8 nitrogen and oxygen atoms in total. The summed E-state index contributed by atoms with van der Waals surface area (Å²) in [6, 6.07) is 6.87. The number of phenols is 1. The zero-order valence-electron chi connectivity index (χ0n) is 21.3. The molecular weight excluding hydrogens is 453 g/mol. The summed E-state index contributed by atoms with van der Waals surface area (Å²) in [6.07, 6.45) is 4.46. The molecular formula is C24H26FN7OS. The summed E-state index contributed by atoms with van der Waals surface area (Å²) >= 11 is 0.644. The van der Waals surface area contributed by atoms with Gasteiger partial charge in [-0.1, -0.05) is 6.07 Å². The number of nitrogens with zero attached hydrogens (tertiary/aromatic N) is 6. The van der Waals surface area contributed by atoms with E-state index in [1.54, 1.807) is 30.5 Å². The van der Waals surface area contributed by atoms with Crippen LogP contribution in [0, 0.1) is 0 Å². The van der Waals surface area contributed by atoms with E-state index in [4.69, 9.17) is 4.11 Å². The van der Waals surface area contributed by atoms with Crippen molar-refractivity contribution in [2.45, 2.75) is 67.5 Å². The second-order valence-electron chi connectivity index (χ2n) is 9.19. The number of hydrogen-bond acceptors (Lipinski definition) is 9. The molecule has 4 atom stereocenters. The van der Waals surface area contributed by atoms with Crippen LogP contribution in [0.15, 0.2) is 41.7 Å². The van der Waals surface area contributed by atoms with E-state index in [1.165, 1.54) is 6.20 Å². The summed E-state index contributed by atoms with van der Waals surface area (Å²) in [4.78, 5) is 6.57. The van der Waals surface area contributed by atoms with Crippen molar-refractivity contribution in [2.75, 3.05) is 11.1 Å². The van der Waals surface area contributed by atoms with E-state index in [1.807, 2.05) is 4.90 Å². The normalized spacial score (nSPS) is 27.6. The molecule has 34 heavy (non-hydrogen) atoms. The summed E-state index contributed by atoms with van der Waals surface area (Å²) in [5.41, 5.74) is 2.13. The van der Waals surface area contributed by atoms with Crippen LogP contribution in [0.5, 0.6) is 5.75 Å². The summed E-state index contributed by atoms with van der Waals surface area (Å²) in [7, 11) is 0. The van der Waals surface area contributed by atoms with Gasteiger partial charge in [-0.3, -0.25) is 0 Å². The number of fused-ring (bicyclic) bond motifs is 2. The minimum atomic E-state index is -2.23. The zero-order chi connectivity index (χ0) is 25.7. The molecule has 0 unspecified atom stereocenters. The van der Waals surface area contributed by atoms with Crippen molar-refractivity contribution >= 4 is 17.7 Å². The molecule has 2 saturated heterocycles. The molecule has 2 bridgehead atoms. The van der Waals surface area contributed by atoms with Gasteiger partial charge < -0.3 is 15.3 Å². The topological polar surface area (TPSA) is 100.0 Å². The van der Waals surface area contributed by atoms with Crippen LogP contribution in [0.4, 0.5) is 10.3 Å². The Morgan fingerprint density at radius 1 is 1.12 bits per heavy atom. The smallest absolute Gasteiger partial charge is 0.245 e. The fraction of sp³-hybridized carbons (Fsp3) is 0.458. The number of alkyl halides is 1. The summed E-state index contributed by atoms with van der Waals surface area (Å²) in [6.45, 7) is 0. The van der Waals surface area contributed by atoms with Crippen LogP contribution in [0.1, 0.15) is 36.2 Å². The van der Waals surface area contributed by atoms with E-state index in [9.17, 15) is 5.11 Å². The van der Waals surface area contributed by atoms with E-state index in [0.29, 0.717) is 46.1 Å². The predicted octanol–water partition coefficient (Wildman–Crippen LogP) is 3.62. The Bertz CT molecular complexity index is 1290. The maximum Gasteiger partial charge on any atom is 0.245 e. The maximum absolute atomic E-state index is 15.3. The molecule has 10 heteroatoms. The third kappa shape index (κ3) is 3.98.